The highest BCUT2D eigenvalue weighted by molar-refractivity contribution is 7.92. The molecule has 1 aliphatic rings. The molecule has 2 N–H and O–H groups in total. The van der Waals surface area contributed by atoms with Crippen molar-refractivity contribution in [2.75, 3.05) is 9.62 Å². The highest BCUT2D eigenvalue weighted by atomic mass is 32.2. The van der Waals surface area contributed by atoms with Crippen LogP contribution in [0.5, 0.6) is 0 Å². The van der Waals surface area contributed by atoms with Crippen LogP contribution in [0.1, 0.15) is 18.1 Å². The molecular formula is C24H21F3N4O6S2. The number of carbonyl (C=O) groups excluding carboxylic acids is 2. The van der Waals surface area contributed by atoms with E-state index in [4.69, 9.17) is 0 Å². The summed E-state index contributed by atoms with van der Waals surface area (Å²) in [5, 5.41) is 2.52. The number of carbonyl (C=O) groups is 2. The molecule has 206 valence electrons. The molecule has 3 amide bonds. The van der Waals surface area contributed by atoms with Gasteiger partial charge in [-0.25, -0.2) is 26.5 Å². The van der Waals surface area contributed by atoms with Gasteiger partial charge < -0.3 is 5.32 Å². The summed E-state index contributed by atoms with van der Waals surface area (Å²) in [6, 6.07) is 12.2. The molecule has 1 unspecified atom stereocenters. The van der Waals surface area contributed by atoms with Gasteiger partial charge in [0.15, 0.2) is 0 Å². The van der Waals surface area contributed by atoms with Crippen LogP contribution in [0.3, 0.4) is 0 Å². The van der Waals surface area contributed by atoms with Crippen molar-refractivity contribution in [2.24, 2.45) is 0 Å². The Morgan fingerprint density at radius 1 is 0.974 bits per heavy atom. The van der Waals surface area contributed by atoms with Gasteiger partial charge in [0.1, 0.15) is 5.54 Å². The monoisotopic (exact) mass is 582 g/mol. The quantitative estimate of drug-likeness (QED) is 0.388. The van der Waals surface area contributed by atoms with Crippen LogP contribution in [0.2, 0.25) is 0 Å². The molecule has 0 bridgehead atoms. The number of anilines is 2. The second kappa shape index (κ2) is 9.96. The summed E-state index contributed by atoms with van der Waals surface area (Å²) >= 11 is 0. The number of urea groups is 1. The number of benzene rings is 2. The molecule has 0 saturated carbocycles. The molecule has 1 fully saturated rings. The van der Waals surface area contributed by atoms with Crippen LogP contribution >= 0.6 is 0 Å². The molecule has 1 aliphatic heterocycles. The number of rotatable bonds is 8. The largest absolute Gasteiger partial charge is 0.501 e. The van der Waals surface area contributed by atoms with Gasteiger partial charge >= 0.3 is 11.5 Å². The Morgan fingerprint density at radius 2 is 1.62 bits per heavy atom. The number of aromatic nitrogens is 1. The van der Waals surface area contributed by atoms with Crippen molar-refractivity contribution >= 4 is 43.2 Å². The molecule has 0 radical (unpaired) electrons. The lowest BCUT2D eigenvalue weighted by Gasteiger charge is -2.23. The molecule has 2 heterocycles. The van der Waals surface area contributed by atoms with Gasteiger partial charge in [0.2, 0.25) is 10.0 Å². The van der Waals surface area contributed by atoms with Crippen molar-refractivity contribution in [3.63, 3.8) is 0 Å². The number of sulfone groups is 1. The number of sulfonamides is 1. The van der Waals surface area contributed by atoms with E-state index in [-0.39, 0.29) is 23.5 Å². The fraction of sp³-hybridized carbons (Fsp3) is 0.208. The maximum atomic E-state index is 13.3. The molecule has 0 aliphatic carbocycles. The molecular weight excluding hydrogens is 561 g/mol. The van der Waals surface area contributed by atoms with Gasteiger partial charge in [-0.1, -0.05) is 30.3 Å². The van der Waals surface area contributed by atoms with E-state index in [0.717, 1.165) is 12.1 Å². The average molecular weight is 583 g/mol. The SMILES string of the molecule is CC1(Cc2ccncc2NS(=O)(=O)Cc2ccccc2)NC(=O)N(c2ccc(S(=O)(=O)C(F)(F)F)cc2)C1=O. The van der Waals surface area contributed by atoms with Gasteiger partial charge in [-0.2, -0.15) is 13.2 Å². The minimum atomic E-state index is -5.61. The second-order valence-corrected chi connectivity index (χ2v) is 12.6. The van der Waals surface area contributed by atoms with Crippen molar-refractivity contribution < 1.29 is 39.6 Å². The Kier molecular flexibility index (Phi) is 7.16. The maximum absolute atomic E-state index is 13.3. The van der Waals surface area contributed by atoms with Crippen LogP contribution in [0.15, 0.2) is 78.0 Å². The second-order valence-electron chi connectivity index (χ2n) is 8.90. The number of imide groups is 1. The van der Waals surface area contributed by atoms with E-state index >= 15 is 0 Å². The van der Waals surface area contributed by atoms with Crippen molar-refractivity contribution in [3.8, 4) is 0 Å². The predicted octanol–water partition coefficient (Wildman–Crippen LogP) is 3.37. The normalized spacial score (nSPS) is 18.2. The molecule has 10 nitrogen and oxygen atoms in total. The molecule has 4 rings (SSSR count). The van der Waals surface area contributed by atoms with E-state index in [2.05, 4.69) is 15.0 Å². The van der Waals surface area contributed by atoms with Crippen molar-refractivity contribution in [1.29, 1.82) is 0 Å². The lowest BCUT2D eigenvalue weighted by atomic mass is 9.92. The first-order chi connectivity index (χ1) is 18.1. The summed E-state index contributed by atoms with van der Waals surface area (Å²) in [6.45, 7) is 1.40. The number of alkyl halides is 3. The lowest BCUT2D eigenvalue weighted by molar-refractivity contribution is -0.121. The van der Waals surface area contributed by atoms with Gasteiger partial charge in [-0.15, -0.1) is 0 Å². The fourth-order valence-electron chi connectivity index (χ4n) is 3.99. The van der Waals surface area contributed by atoms with Crippen molar-refractivity contribution in [1.82, 2.24) is 10.3 Å². The zero-order chi connectivity index (χ0) is 28.6. The molecule has 2 aromatic carbocycles. The first kappa shape index (κ1) is 28.0. The molecule has 1 atom stereocenters. The highest BCUT2D eigenvalue weighted by Crippen LogP contribution is 2.33. The van der Waals surface area contributed by atoms with E-state index in [0.29, 0.717) is 28.2 Å². The topological polar surface area (TPSA) is 143 Å². The molecule has 39 heavy (non-hydrogen) atoms. The van der Waals surface area contributed by atoms with Crippen LogP contribution in [-0.2, 0) is 36.8 Å². The van der Waals surface area contributed by atoms with Gasteiger partial charge in [0, 0.05) is 12.6 Å². The Bertz CT molecular complexity index is 1630. The number of hydrogen-bond acceptors (Lipinski definition) is 7. The Hall–Kier alpha value is -3.98. The van der Waals surface area contributed by atoms with E-state index in [9.17, 15) is 39.6 Å². The third kappa shape index (κ3) is 5.73. The third-order valence-electron chi connectivity index (χ3n) is 5.89. The average Bonchev–Trinajstić information content (AvgIpc) is 3.07. The summed E-state index contributed by atoms with van der Waals surface area (Å²) in [6.07, 6.45) is 2.48. The molecule has 3 aromatic rings. The van der Waals surface area contributed by atoms with Gasteiger partial charge in [0.05, 0.1) is 28.2 Å². The zero-order valence-electron chi connectivity index (χ0n) is 20.1. The molecule has 0 spiro atoms. The summed E-state index contributed by atoms with van der Waals surface area (Å²) in [5.41, 5.74) is -6.26. The van der Waals surface area contributed by atoms with Crippen LogP contribution in [-0.4, -0.2) is 44.8 Å². The first-order valence-corrected chi connectivity index (χ1v) is 14.3. The van der Waals surface area contributed by atoms with Crippen LogP contribution in [0, 0.1) is 0 Å². The van der Waals surface area contributed by atoms with Crippen LogP contribution < -0.4 is 14.9 Å². The van der Waals surface area contributed by atoms with Crippen molar-refractivity contribution in [2.45, 2.75) is 35.0 Å². The Balaban J connectivity index is 1.56. The Labute approximate surface area is 221 Å². The standard InChI is InChI=1S/C24H21F3N4O6S2/c1-23(13-17-11-12-28-14-20(17)30-38(34,35)15-16-5-3-2-4-6-16)21(32)31(22(33)29-23)18-7-9-19(10-8-18)39(36,37)24(25,26)27/h2-12,14,30H,13,15H2,1H3,(H,29,33). The van der Waals surface area contributed by atoms with Gasteiger partial charge in [-0.05, 0) is 48.4 Å². The van der Waals surface area contributed by atoms with E-state index in [1.165, 1.54) is 25.4 Å². The Morgan fingerprint density at radius 3 is 2.23 bits per heavy atom. The summed E-state index contributed by atoms with van der Waals surface area (Å²) < 4.78 is 89.7. The summed E-state index contributed by atoms with van der Waals surface area (Å²) in [4.78, 5) is 29.6. The number of halogens is 3. The lowest BCUT2D eigenvalue weighted by Crippen LogP contribution is -2.46. The van der Waals surface area contributed by atoms with E-state index < -0.39 is 47.7 Å². The van der Waals surface area contributed by atoms with Crippen LogP contribution in [0.25, 0.3) is 0 Å². The number of pyridine rings is 1. The minimum absolute atomic E-state index is 0.0943. The summed E-state index contributed by atoms with van der Waals surface area (Å²) in [7, 11) is -9.48. The maximum Gasteiger partial charge on any atom is 0.501 e. The first-order valence-electron chi connectivity index (χ1n) is 11.2. The molecule has 1 saturated heterocycles. The van der Waals surface area contributed by atoms with Gasteiger partial charge in [-0.3, -0.25) is 14.5 Å². The predicted molar refractivity (Wildman–Crippen MR) is 135 cm³/mol. The highest BCUT2D eigenvalue weighted by Gasteiger charge is 2.50. The number of amides is 3. The van der Waals surface area contributed by atoms with Crippen LogP contribution in [0.4, 0.5) is 29.3 Å². The smallest absolute Gasteiger partial charge is 0.323 e. The van der Waals surface area contributed by atoms with E-state index in [1.807, 2.05) is 0 Å². The zero-order valence-corrected chi connectivity index (χ0v) is 21.8. The molecule has 15 heteroatoms. The fourth-order valence-corrected chi connectivity index (χ4v) is 5.98. The minimum Gasteiger partial charge on any atom is -0.323 e. The number of nitrogens with one attached hydrogen (secondary N) is 2. The third-order valence-corrected chi connectivity index (χ3v) is 8.64. The summed E-state index contributed by atoms with van der Waals surface area (Å²) in [5.74, 6) is -1.10. The number of hydrogen-bond donors (Lipinski definition) is 2. The van der Waals surface area contributed by atoms with E-state index in [1.54, 1.807) is 30.3 Å². The molecule has 1 aromatic heterocycles. The van der Waals surface area contributed by atoms with Gasteiger partial charge in [0.25, 0.3) is 15.7 Å². The number of nitrogens with zero attached hydrogens (tertiary/aromatic N) is 2. The van der Waals surface area contributed by atoms with Crippen molar-refractivity contribution in [3.05, 3.63) is 84.2 Å².